The van der Waals surface area contributed by atoms with Crippen molar-refractivity contribution in [1.29, 1.82) is 0 Å². The highest BCUT2D eigenvalue weighted by Gasteiger charge is 2.34. The summed E-state index contributed by atoms with van der Waals surface area (Å²) in [7, 11) is 0. The summed E-state index contributed by atoms with van der Waals surface area (Å²) in [5.41, 5.74) is 0.905. The van der Waals surface area contributed by atoms with Crippen LogP contribution >= 0.6 is 15.9 Å². The molecule has 0 radical (unpaired) electrons. The highest BCUT2D eigenvalue weighted by Crippen LogP contribution is 2.30. The molecule has 1 aromatic heterocycles. The van der Waals surface area contributed by atoms with Gasteiger partial charge in [-0.3, -0.25) is 4.79 Å². The zero-order valence-corrected chi connectivity index (χ0v) is 12.8. The van der Waals surface area contributed by atoms with Gasteiger partial charge in [0.05, 0.1) is 0 Å². The van der Waals surface area contributed by atoms with Crippen molar-refractivity contribution in [3.63, 3.8) is 0 Å². The molecule has 18 heavy (non-hydrogen) atoms. The van der Waals surface area contributed by atoms with Gasteiger partial charge in [-0.2, -0.15) is 0 Å². The van der Waals surface area contributed by atoms with E-state index in [4.69, 9.17) is 4.42 Å². The number of nitrogens with zero attached hydrogens (tertiary/aromatic N) is 1. The predicted molar refractivity (Wildman–Crippen MR) is 74.7 cm³/mol. The summed E-state index contributed by atoms with van der Waals surface area (Å²) in [5, 5.41) is 0. The van der Waals surface area contributed by atoms with Crippen molar-refractivity contribution in [1.82, 2.24) is 4.90 Å². The van der Waals surface area contributed by atoms with Gasteiger partial charge in [-0.25, -0.2) is 0 Å². The summed E-state index contributed by atoms with van der Waals surface area (Å²) in [4.78, 5) is 14.5. The van der Waals surface area contributed by atoms with E-state index >= 15 is 0 Å². The van der Waals surface area contributed by atoms with Crippen molar-refractivity contribution < 1.29 is 9.21 Å². The van der Waals surface area contributed by atoms with Gasteiger partial charge in [0.1, 0.15) is 0 Å². The summed E-state index contributed by atoms with van der Waals surface area (Å²) in [6.45, 7) is 7.11. The molecule has 1 aromatic rings. The normalized spacial score (nSPS) is 15.2. The molecule has 1 aliphatic carbocycles. The molecular formula is C14H20BrNO2. The topological polar surface area (TPSA) is 33.5 Å². The van der Waals surface area contributed by atoms with E-state index in [1.165, 1.54) is 0 Å². The van der Waals surface area contributed by atoms with Crippen molar-refractivity contribution in [2.45, 2.75) is 46.1 Å². The Balaban J connectivity index is 2.10. The fraction of sp³-hybridized carbons (Fsp3) is 0.643. The third-order valence-corrected chi connectivity index (χ3v) is 3.67. The number of amides is 1. The second-order valence-corrected chi connectivity index (χ2v) is 6.26. The first-order chi connectivity index (χ1) is 8.49. The lowest BCUT2D eigenvalue weighted by atomic mass is 10.1. The minimum absolute atomic E-state index is 0.0429. The minimum Gasteiger partial charge on any atom is -0.444 e. The number of carbonyl (C=O) groups is 1. The van der Waals surface area contributed by atoms with E-state index in [0.29, 0.717) is 22.4 Å². The molecule has 0 aromatic carbocycles. The van der Waals surface area contributed by atoms with Crippen LogP contribution in [0.2, 0.25) is 0 Å². The molecule has 1 amide bonds. The first kappa shape index (κ1) is 13.7. The van der Waals surface area contributed by atoms with Crippen molar-refractivity contribution in [2.24, 2.45) is 5.92 Å². The monoisotopic (exact) mass is 313 g/mol. The molecule has 0 bridgehead atoms. The number of furan rings is 1. The van der Waals surface area contributed by atoms with Crippen LogP contribution in [0.15, 0.2) is 15.2 Å². The Bertz CT molecular complexity index is 435. The van der Waals surface area contributed by atoms with Crippen LogP contribution in [0.25, 0.3) is 0 Å². The summed E-state index contributed by atoms with van der Waals surface area (Å²) in [6, 6.07) is 2.28. The lowest BCUT2D eigenvalue weighted by Gasteiger charge is -2.22. The second kappa shape index (κ2) is 5.47. The Morgan fingerprint density at radius 2 is 2.22 bits per heavy atom. The molecule has 2 rings (SSSR count). The van der Waals surface area contributed by atoms with E-state index in [9.17, 15) is 4.79 Å². The van der Waals surface area contributed by atoms with Gasteiger partial charge in [-0.15, -0.1) is 0 Å². The molecule has 0 spiro atoms. The number of hydrogen-bond donors (Lipinski definition) is 0. The summed E-state index contributed by atoms with van der Waals surface area (Å²) < 4.78 is 6.09. The smallest absolute Gasteiger partial charge is 0.290 e. The molecule has 0 unspecified atom stereocenters. The number of halogens is 1. The molecular weight excluding hydrogens is 294 g/mol. The maximum Gasteiger partial charge on any atom is 0.290 e. The molecule has 3 nitrogen and oxygen atoms in total. The van der Waals surface area contributed by atoms with E-state index in [1.54, 1.807) is 0 Å². The summed E-state index contributed by atoms with van der Waals surface area (Å²) >= 11 is 3.28. The molecule has 0 aliphatic heterocycles. The van der Waals surface area contributed by atoms with Gasteiger partial charge in [-0.1, -0.05) is 13.8 Å². The fourth-order valence-corrected chi connectivity index (χ4v) is 2.52. The van der Waals surface area contributed by atoms with E-state index in [0.717, 1.165) is 31.4 Å². The van der Waals surface area contributed by atoms with E-state index in [1.807, 2.05) is 17.9 Å². The molecule has 0 N–H and O–H groups in total. The van der Waals surface area contributed by atoms with Crippen LogP contribution < -0.4 is 0 Å². The Hall–Kier alpha value is -0.770. The fourth-order valence-electron chi connectivity index (χ4n) is 2.02. The van der Waals surface area contributed by atoms with E-state index < -0.39 is 0 Å². The molecule has 1 saturated carbocycles. The number of aryl methyl sites for hydroxylation is 1. The number of rotatable bonds is 5. The van der Waals surface area contributed by atoms with Gasteiger partial charge in [0, 0.05) is 18.2 Å². The highest BCUT2D eigenvalue weighted by molar-refractivity contribution is 9.10. The Morgan fingerprint density at radius 1 is 1.56 bits per heavy atom. The van der Waals surface area contributed by atoms with E-state index in [-0.39, 0.29) is 5.91 Å². The van der Waals surface area contributed by atoms with Crippen LogP contribution in [0.4, 0.5) is 0 Å². The molecule has 4 heteroatoms. The maximum atomic E-state index is 12.5. The molecule has 1 fully saturated rings. The van der Waals surface area contributed by atoms with Gasteiger partial charge >= 0.3 is 0 Å². The highest BCUT2D eigenvalue weighted by atomic mass is 79.9. The zero-order valence-electron chi connectivity index (χ0n) is 11.2. The van der Waals surface area contributed by atoms with Crippen LogP contribution in [-0.4, -0.2) is 23.4 Å². The third-order valence-electron chi connectivity index (χ3n) is 3.28. The maximum absolute atomic E-state index is 12.5. The van der Waals surface area contributed by atoms with Gasteiger partial charge in [-0.05, 0) is 54.1 Å². The SMILES string of the molecule is Cc1cc(Br)oc1C(=O)N(CCC(C)C)C1CC1. The zero-order chi connectivity index (χ0) is 13.3. The van der Waals surface area contributed by atoms with Crippen molar-refractivity contribution >= 4 is 21.8 Å². The lowest BCUT2D eigenvalue weighted by Crippen LogP contribution is -2.34. The van der Waals surface area contributed by atoms with Crippen molar-refractivity contribution in [3.05, 3.63) is 22.1 Å². The van der Waals surface area contributed by atoms with Crippen LogP contribution in [0.5, 0.6) is 0 Å². The summed E-state index contributed by atoms with van der Waals surface area (Å²) in [5.74, 6) is 1.14. The Kier molecular flexibility index (Phi) is 4.15. The van der Waals surface area contributed by atoms with Crippen molar-refractivity contribution in [2.75, 3.05) is 6.54 Å². The molecule has 1 aliphatic rings. The minimum atomic E-state index is 0.0429. The van der Waals surface area contributed by atoms with Crippen LogP contribution in [0, 0.1) is 12.8 Å². The van der Waals surface area contributed by atoms with E-state index in [2.05, 4.69) is 29.8 Å². The average Bonchev–Trinajstić information content (AvgIpc) is 3.04. The van der Waals surface area contributed by atoms with Crippen molar-refractivity contribution in [3.8, 4) is 0 Å². The van der Waals surface area contributed by atoms with Gasteiger partial charge in [0.25, 0.3) is 5.91 Å². The predicted octanol–water partition coefficient (Wildman–Crippen LogP) is 4.00. The largest absolute Gasteiger partial charge is 0.444 e. The van der Waals surface area contributed by atoms with Gasteiger partial charge in [0.15, 0.2) is 10.4 Å². The van der Waals surface area contributed by atoms with Crippen LogP contribution in [-0.2, 0) is 0 Å². The second-order valence-electron chi connectivity index (χ2n) is 5.47. The van der Waals surface area contributed by atoms with Crippen LogP contribution in [0.1, 0.15) is 49.2 Å². The first-order valence-corrected chi connectivity index (χ1v) is 7.35. The lowest BCUT2D eigenvalue weighted by molar-refractivity contribution is 0.0700. The standard InChI is InChI=1S/C14H20BrNO2/c1-9(2)6-7-16(11-4-5-11)14(17)13-10(3)8-12(15)18-13/h8-9,11H,4-7H2,1-3H3. The molecule has 1 heterocycles. The van der Waals surface area contributed by atoms with Gasteiger partial charge < -0.3 is 9.32 Å². The molecule has 100 valence electrons. The average molecular weight is 314 g/mol. The summed E-state index contributed by atoms with van der Waals surface area (Å²) in [6.07, 6.45) is 3.30. The Morgan fingerprint density at radius 3 is 2.67 bits per heavy atom. The quantitative estimate of drug-likeness (QED) is 0.823. The van der Waals surface area contributed by atoms with Gasteiger partial charge in [0.2, 0.25) is 0 Å². The molecule has 0 atom stereocenters. The molecule has 0 saturated heterocycles. The third kappa shape index (κ3) is 3.16. The van der Waals surface area contributed by atoms with Crippen LogP contribution in [0.3, 0.4) is 0 Å². The Labute approximate surface area is 117 Å². The number of hydrogen-bond acceptors (Lipinski definition) is 2. The first-order valence-electron chi connectivity index (χ1n) is 6.56. The number of carbonyl (C=O) groups excluding carboxylic acids is 1.